The van der Waals surface area contributed by atoms with E-state index in [0.29, 0.717) is 12.0 Å². The first-order chi connectivity index (χ1) is 8.22. The van der Waals surface area contributed by atoms with Crippen LogP contribution in [0.5, 0.6) is 0 Å². The summed E-state index contributed by atoms with van der Waals surface area (Å²) < 4.78 is 7.57. The Morgan fingerprint density at radius 2 is 2.29 bits per heavy atom. The number of imidazole rings is 1. The quantitative estimate of drug-likeness (QED) is 0.788. The largest absolute Gasteiger partial charge is 0.383 e. The lowest BCUT2D eigenvalue weighted by atomic mass is 10.1. The number of methoxy groups -OCH3 is 1. The minimum Gasteiger partial charge on any atom is -0.383 e. The van der Waals surface area contributed by atoms with Gasteiger partial charge >= 0.3 is 0 Å². The van der Waals surface area contributed by atoms with E-state index in [1.54, 1.807) is 7.11 Å². The van der Waals surface area contributed by atoms with Gasteiger partial charge in [0.1, 0.15) is 0 Å². The van der Waals surface area contributed by atoms with Crippen molar-refractivity contribution >= 4 is 0 Å². The Kier molecular flexibility index (Phi) is 4.18. The van der Waals surface area contributed by atoms with Crippen LogP contribution in [0, 0.1) is 5.92 Å². The monoisotopic (exact) mass is 237 g/mol. The molecule has 1 aromatic rings. The minimum absolute atomic E-state index is 0.374. The van der Waals surface area contributed by atoms with E-state index < -0.39 is 0 Å². The SMILES string of the molecule is COCC(C(C)C)n1cncc1CNC1CC1. The van der Waals surface area contributed by atoms with E-state index in [0.717, 1.165) is 19.2 Å². The summed E-state index contributed by atoms with van der Waals surface area (Å²) >= 11 is 0. The van der Waals surface area contributed by atoms with Gasteiger partial charge in [-0.1, -0.05) is 13.8 Å². The van der Waals surface area contributed by atoms with Crippen LogP contribution >= 0.6 is 0 Å². The first kappa shape index (κ1) is 12.6. The van der Waals surface area contributed by atoms with Gasteiger partial charge in [0.2, 0.25) is 0 Å². The third kappa shape index (κ3) is 3.30. The molecule has 1 aromatic heterocycles. The van der Waals surface area contributed by atoms with Crippen molar-refractivity contribution in [1.82, 2.24) is 14.9 Å². The van der Waals surface area contributed by atoms with Gasteiger partial charge in [-0.2, -0.15) is 0 Å². The van der Waals surface area contributed by atoms with Crippen molar-refractivity contribution in [3.05, 3.63) is 18.2 Å². The Hall–Kier alpha value is -0.870. The molecule has 1 fully saturated rings. The molecule has 4 nitrogen and oxygen atoms in total. The molecule has 1 saturated carbocycles. The third-order valence-corrected chi connectivity index (χ3v) is 3.36. The summed E-state index contributed by atoms with van der Waals surface area (Å²) in [6.07, 6.45) is 6.52. The van der Waals surface area contributed by atoms with E-state index in [9.17, 15) is 0 Å². The fourth-order valence-electron chi connectivity index (χ4n) is 2.07. The zero-order valence-corrected chi connectivity index (χ0v) is 11.0. The molecule has 0 aliphatic heterocycles. The number of nitrogens with zero attached hydrogens (tertiary/aromatic N) is 2. The molecule has 1 aliphatic rings. The lowest BCUT2D eigenvalue weighted by Crippen LogP contribution is -2.24. The number of ether oxygens (including phenoxy) is 1. The summed E-state index contributed by atoms with van der Waals surface area (Å²) in [5, 5.41) is 3.53. The molecule has 1 unspecified atom stereocenters. The topological polar surface area (TPSA) is 39.1 Å². The van der Waals surface area contributed by atoms with Gasteiger partial charge in [0, 0.05) is 25.9 Å². The molecular weight excluding hydrogens is 214 g/mol. The standard InChI is InChI=1S/C13H23N3O/c1-10(2)13(8-17-3)16-9-14-6-12(16)7-15-11-4-5-11/h6,9-11,13,15H,4-5,7-8H2,1-3H3. The van der Waals surface area contributed by atoms with E-state index >= 15 is 0 Å². The zero-order valence-electron chi connectivity index (χ0n) is 11.0. The number of hydrogen-bond donors (Lipinski definition) is 1. The molecule has 0 bridgehead atoms. The van der Waals surface area contributed by atoms with Crippen LogP contribution in [0.15, 0.2) is 12.5 Å². The van der Waals surface area contributed by atoms with Crippen LogP contribution in [0.4, 0.5) is 0 Å². The normalized spacial score (nSPS) is 17.6. The molecule has 1 aliphatic carbocycles. The minimum atomic E-state index is 0.374. The second-order valence-corrected chi connectivity index (χ2v) is 5.21. The lowest BCUT2D eigenvalue weighted by Gasteiger charge is -2.24. The van der Waals surface area contributed by atoms with Crippen molar-refractivity contribution < 1.29 is 4.74 Å². The second kappa shape index (κ2) is 5.65. The van der Waals surface area contributed by atoms with E-state index in [2.05, 4.69) is 28.7 Å². The van der Waals surface area contributed by atoms with E-state index in [1.807, 2.05) is 12.5 Å². The highest BCUT2D eigenvalue weighted by atomic mass is 16.5. The summed E-state index contributed by atoms with van der Waals surface area (Å²) in [6.45, 7) is 6.10. The molecule has 1 heterocycles. The molecule has 17 heavy (non-hydrogen) atoms. The third-order valence-electron chi connectivity index (χ3n) is 3.36. The van der Waals surface area contributed by atoms with Gasteiger partial charge in [-0.3, -0.25) is 0 Å². The molecule has 1 atom stereocenters. The molecule has 0 amide bonds. The average Bonchev–Trinajstić information content (AvgIpc) is 3.02. The number of rotatable bonds is 7. The molecule has 0 aromatic carbocycles. The Bertz CT molecular complexity index is 344. The van der Waals surface area contributed by atoms with Crippen LogP contribution in [0.3, 0.4) is 0 Å². The van der Waals surface area contributed by atoms with Gasteiger partial charge in [0.25, 0.3) is 0 Å². The van der Waals surface area contributed by atoms with E-state index in [-0.39, 0.29) is 0 Å². The molecule has 0 spiro atoms. The number of aromatic nitrogens is 2. The van der Waals surface area contributed by atoms with Crippen molar-refractivity contribution in [3.63, 3.8) is 0 Å². The van der Waals surface area contributed by atoms with Gasteiger partial charge in [0.15, 0.2) is 0 Å². The summed E-state index contributed by atoms with van der Waals surface area (Å²) in [5.74, 6) is 0.545. The van der Waals surface area contributed by atoms with Gasteiger partial charge in [-0.25, -0.2) is 4.98 Å². The predicted octanol–water partition coefficient (Wildman–Crippen LogP) is 1.98. The fourth-order valence-corrected chi connectivity index (χ4v) is 2.07. The van der Waals surface area contributed by atoms with Crippen molar-refractivity contribution in [2.75, 3.05) is 13.7 Å². The lowest BCUT2D eigenvalue weighted by molar-refractivity contribution is 0.131. The Labute approximate surface area is 103 Å². The van der Waals surface area contributed by atoms with E-state index in [1.165, 1.54) is 18.5 Å². The van der Waals surface area contributed by atoms with Crippen LogP contribution in [0.25, 0.3) is 0 Å². The van der Waals surface area contributed by atoms with Crippen LogP contribution in [-0.4, -0.2) is 29.3 Å². The molecule has 4 heteroatoms. The van der Waals surface area contributed by atoms with Crippen molar-refractivity contribution in [2.24, 2.45) is 5.92 Å². The number of nitrogens with one attached hydrogen (secondary N) is 1. The highest BCUT2D eigenvalue weighted by molar-refractivity contribution is 5.02. The Balaban J connectivity index is 2.03. The van der Waals surface area contributed by atoms with Gasteiger partial charge in [-0.05, 0) is 18.8 Å². The second-order valence-electron chi connectivity index (χ2n) is 5.21. The maximum atomic E-state index is 5.31. The Morgan fingerprint density at radius 1 is 1.53 bits per heavy atom. The molecule has 0 radical (unpaired) electrons. The molecule has 96 valence electrons. The van der Waals surface area contributed by atoms with Gasteiger partial charge < -0.3 is 14.6 Å². The zero-order chi connectivity index (χ0) is 12.3. The van der Waals surface area contributed by atoms with Crippen LogP contribution in [-0.2, 0) is 11.3 Å². The highest BCUT2D eigenvalue weighted by Crippen LogP contribution is 2.22. The number of hydrogen-bond acceptors (Lipinski definition) is 3. The Morgan fingerprint density at radius 3 is 2.88 bits per heavy atom. The maximum Gasteiger partial charge on any atom is 0.0952 e. The summed E-state index contributed by atoms with van der Waals surface area (Å²) in [6, 6.07) is 1.11. The predicted molar refractivity (Wildman–Crippen MR) is 67.8 cm³/mol. The first-order valence-corrected chi connectivity index (χ1v) is 6.45. The smallest absolute Gasteiger partial charge is 0.0952 e. The fraction of sp³-hybridized carbons (Fsp3) is 0.769. The van der Waals surface area contributed by atoms with Crippen LogP contribution in [0.1, 0.15) is 38.4 Å². The van der Waals surface area contributed by atoms with Crippen LogP contribution < -0.4 is 5.32 Å². The highest BCUT2D eigenvalue weighted by Gasteiger charge is 2.22. The van der Waals surface area contributed by atoms with Gasteiger partial charge in [0.05, 0.1) is 24.7 Å². The summed E-state index contributed by atoms with van der Waals surface area (Å²) in [5.41, 5.74) is 1.26. The van der Waals surface area contributed by atoms with E-state index in [4.69, 9.17) is 4.74 Å². The summed E-state index contributed by atoms with van der Waals surface area (Å²) in [7, 11) is 1.76. The maximum absolute atomic E-state index is 5.31. The molecule has 0 saturated heterocycles. The van der Waals surface area contributed by atoms with Crippen LogP contribution in [0.2, 0.25) is 0 Å². The molecule has 2 rings (SSSR count). The molecule has 1 N–H and O–H groups in total. The van der Waals surface area contributed by atoms with Gasteiger partial charge in [-0.15, -0.1) is 0 Å². The van der Waals surface area contributed by atoms with Crippen molar-refractivity contribution in [2.45, 2.75) is 45.3 Å². The molecular formula is C13H23N3O. The summed E-state index contributed by atoms with van der Waals surface area (Å²) in [4.78, 5) is 4.27. The average molecular weight is 237 g/mol. The van der Waals surface area contributed by atoms with Crippen molar-refractivity contribution in [1.29, 1.82) is 0 Å². The van der Waals surface area contributed by atoms with Crippen molar-refractivity contribution in [3.8, 4) is 0 Å². The first-order valence-electron chi connectivity index (χ1n) is 6.45.